The SMILES string of the molecule is CCCc1cc(NC2CCN(Cc3ccc(C)cc3)C2=O)n2ncnc2n1. The number of carbonyl (C=O) groups is 1. The van der Waals surface area contributed by atoms with Crippen molar-refractivity contribution in [3.05, 3.63) is 53.5 Å². The molecule has 3 heterocycles. The lowest BCUT2D eigenvalue weighted by Gasteiger charge is -2.18. The number of benzene rings is 1. The highest BCUT2D eigenvalue weighted by Gasteiger charge is 2.32. The summed E-state index contributed by atoms with van der Waals surface area (Å²) in [6, 6.07) is 10.1. The van der Waals surface area contributed by atoms with Gasteiger partial charge < -0.3 is 10.2 Å². The van der Waals surface area contributed by atoms with Gasteiger partial charge in [-0.2, -0.15) is 14.6 Å². The van der Waals surface area contributed by atoms with Gasteiger partial charge in [0, 0.05) is 24.8 Å². The highest BCUT2D eigenvalue weighted by Crippen LogP contribution is 2.20. The molecule has 4 rings (SSSR count). The molecule has 0 saturated carbocycles. The van der Waals surface area contributed by atoms with E-state index >= 15 is 0 Å². The maximum absolute atomic E-state index is 12.9. The standard InChI is InChI=1S/C20H24N6O/c1-3-4-16-11-18(26-20(23-16)21-13-22-26)24-17-9-10-25(19(17)27)12-15-7-5-14(2)6-8-15/h5-8,11,13,17,24H,3-4,9-10,12H2,1-2H3. The predicted molar refractivity (Wildman–Crippen MR) is 103 cm³/mol. The summed E-state index contributed by atoms with van der Waals surface area (Å²) < 4.78 is 1.66. The molecule has 1 saturated heterocycles. The van der Waals surface area contributed by atoms with Gasteiger partial charge in [-0.3, -0.25) is 4.79 Å². The largest absolute Gasteiger partial charge is 0.358 e. The van der Waals surface area contributed by atoms with Crippen molar-refractivity contribution in [2.24, 2.45) is 0 Å². The van der Waals surface area contributed by atoms with Gasteiger partial charge in [-0.05, 0) is 25.3 Å². The number of nitrogens with zero attached hydrogens (tertiary/aromatic N) is 5. The zero-order chi connectivity index (χ0) is 18.8. The van der Waals surface area contributed by atoms with E-state index in [1.165, 1.54) is 11.9 Å². The second-order valence-corrected chi connectivity index (χ2v) is 7.09. The number of hydrogen-bond donors (Lipinski definition) is 1. The molecule has 2 aromatic heterocycles. The minimum atomic E-state index is -0.250. The number of anilines is 1. The van der Waals surface area contributed by atoms with Crippen molar-refractivity contribution in [1.29, 1.82) is 0 Å². The van der Waals surface area contributed by atoms with Crippen LogP contribution in [0.1, 0.15) is 36.6 Å². The van der Waals surface area contributed by atoms with E-state index in [4.69, 9.17) is 0 Å². The molecular formula is C20H24N6O. The highest BCUT2D eigenvalue weighted by molar-refractivity contribution is 5.86. The van der Waals surface area contributed by atoms with Gasteiger partial charge in [0.15, 0.2) is 0 Å². The number of aryl methyl sites for hydroxylation is 2. The van der Waals surface area contributed by atoms with E-state index in [1.54, 1.807) is 4.52 Å². The first-order valence-corrected chi connectivity index (χ1v) is 9.44. The Morgan fingerprint density at radius 3 is 2.85 bits per heavy atom. The Hall–Kier alpha value is -2.96. The van der Waals surface area contributed by atoms with Gasteiger partial charge in [0.1, 0.15) is 18.2 Å². The molecule has 1 amide bonds. The summed E-state index contributed by atoms with van der Waals surface area (Å²) in [5.41, 5.74) is 3.34. The number of fused-ring (bicyclic) bond motifs is 1. The Balaban J connectivity index is 1.50. The van der Waals surface area contributed by atoms with Gasteiger partial charge in [0.2, 0.25) is 5.91 Å². The van der Waals surface area contributed by atoms with E-state index in [2.05, 4.69) is 58.5 Å². The van der Waals surface area contributed by atoms with Crippen molar-refractivity contribution in [3.8, 4) is 0 Å². The highest BCUT2D eigenvalue weighted by atomic mass is 16.2. The molecule has 3 aromatic rings. The molecule has 140 valence electrons. The average Bonchev–Trinajstić information content (AvgIpc) is 3.26. The van der Waals surface area contributed by atoms with Crippen molar-refractivity contribution in [2.45, 2.75) is 45.7 Å². The summed E-state index contributed by atoms with van der Waals surface area (Å²) in [5, 5.41) is 7.61. The van der Waals surface area contributed by atoms with Gasteiger partial charge in [0.25, 0.3) is 5.78 Å². The van der Waals surface area contributed by atoms with Gasteiger partial charge in [-0.25, -0.2) is 4.98 Å². The summed E-state index contributed by atoms with van der Waals surface area (Å²) in [4.78, 5) is 23.5. The van der Waals surface area contributed by atoms with Crippen LogP contribution in [0, 0.1) is 6.92 Å². The predicted octanol–water partition coefficient (Wildman–Crippen LogP) is 2.60. The Labute approximate surface area is 158 Å². The third-order valence-corrected chi connectivity index (χ3v) is 4.92. The lowest BCUT2D eigenvalue weighted by atomic mass is 10.1. The number of likely N-dealkylation sites (tertiary alicyclic amines) is 1. The zero-order valence-electron chi connectivity index (χ0n) is 15.7. The maximum Gasteiger partial charge on any atom is 0.254 e. The lowest BCUT2D eigenvalue weighted by molar-refractivity contribution is -0.128. The summed E-state index contributed by atoms with van der Waals surface area (Å²) in [6.07, 6.45) is 4.13. The number of hydrogen-bond acceptors (Lipinski definition) is 5. The first-order valence-electron chi connectivity index (χ1n) is 9.44. The minimum absolute atomic E-state index is 0.123. The molecule has 1 aliphatic rings. The summed E-state index contributed by atoms with van der Waals surface area (Å²) in [5.74, 6) is 1.46. The fraction of sp³-hybridized carbons (Fsp3) is 0.400. The summed E-state index contributed by atoms with van der Waals surface area (Å²) in [7, 11) is 0. The normalized spacial score (nSPS) is 17.0. The van der Waals surface area contributed by atoms with E-state index in [9.17, 15) is 4.79 Å². The molecule has 0 spiro atoms. The molecule has 1 N–H and O–H groups in total. The van der Waals surface area contributed by atoms with Crippen LogP contribution in [0.5, 0.6) is 0 Å². The van der Waals surface area contributed by atoms with E-state index in [0.717, 1.165) is 42.9 Å². The number of nitrogens with one attached hydrogen (secondary N) is 1. The fourth-order valence-electron chi connectivity index (χ4n) is 3.47. The second-order valence-electron chi connectivity index (χ2n) is 7.09. The fourth-order valence-corrected chi connectivity index (χ4v) is 3.47. The van der Waals surface area contributed by atoms with Gasteiger partial charge in [0.05, 0.1) is 0 Å². The Morgan fingerprint density at radius 1 is 1.26 bits per heavy atom. The molecule has 7 heteroatoms. The second kappa shape index (κ2) is 7.34. The molecule has 1 atom stereocenters. The quantitative estimate of drug-likeness (QED) is 0.728. The van der Waals surface area contributed by atoms with E-state index in [-0.39, 0.29) is 11.9 Å². The summed E-state index contributed by atoms with van der Waals surface area (Å²) >= 11 is 0. The van der Waals surface area contributed by atoms with Crippen LogP contribution in [0.15, 0.2) is 36.7 Å². The van der Waals surface area contributed by atoms with Crippen LogP contribution in [-0.4, -0.2) is 43.0 Å². The number of aromatic nitrogens is 4. The van der Waals surface area contributed by atoms with E-state index in [0.29, 0.717) is 12.3 Å². The zero-order valence-corrected chi connectivity index (χ0v) is 15.7. The third kappa shape index (κ3) is 3.63. The smallest absolute Gasteiger partial charge is 0.254 e. The number of carbonyl (C=O) groups excluding carboxylic acids is 1. The number of amides is 1. The Morgan fingerprint density at radius 2 is 2.07 bits per heavy atom. The molecule has 1 unspecified atom stereocenters. The van der Waals surface area contributed by atoms with Crippen LogP contribution < -0.4 is 5.32 Å². The van der Waals surface area contributed by atoms with Crippen molar-refractivity contribution in [2.75, 3.05) is 11.9 Å². The van der Waals surface area contributed by atoms with Crippen molar-refractivity contribution >= 4 is 17.5 Å². The molecule has 0 bridgehead atoms. The van der Waals surface area contributed by atoms with Gasteiger partial charge >= 0.3 is 0 Å². The van der Waals surface area contributed by atoms with E-state index < -0.39 is 0 Å². The first-order chi connectivity index (χ1) is 13.1. The Kier molecular flexibility index (Phi) is 4.75. The topological polar surface area (TPSA) is 75.4 Å². The minimum Gasteiger partial charge on any atom is -0.358 e. The van der Waals surface area contributed by atoms with Crippen molar-refractivity contribution in [3.63, 3.8) is 0 Å². The number of rotatable bonds is 6. The molecule has 0 radical (unpaired) electrons. The van der Waals surface area contributed by atoms with Gasteiger partial charge in [-0.15, -0.1) is 0 Å². The van der Waals surface area contributed by atoms with Crippen molar-refractivity contribution < 1.29 is 4.79 Å². The molecule has 1 aromatic carbocycles. The molecular weight excluding hydrogens is 340 g/mol. The molecule has 0 aliphatic carbocycles. The van der Waals surface area contributed by atoms with Gasteiger partial charge in [-0.1, -0.05) is 43.2 Å². The van der Waals surface area contributed by atoms with Crippen molar-refractivity contribution in [1.82, 2.24) is 24.5 Å². The van der Waals surface area contributed by atoms with Crippen LogP contribution in [0.3, 0.4) is 0 Å². The van der Waals surface area contributed by atoms with Crippen LogP contribution >= 0.6 is 0 Å². The average molecular weight is 364 g/mol. The molecule has 27 heavy (non-hydrogen) atoms. The van der Waals surface area contributed by atoms with Crippen LogP contribution in [0.25, 0.3) is 5.78 Å². The van der Waals surface area contributed by atoms with Crippen LogP contribution in [0.4, 0.5) is 5.82 Å². The maximum atomic E-state index is 12.9. The third-order valence-electron chi connectivity index (χ3n) is 4.92. The van der Waals surface area contributed by atoms with Crippen LogP contribution in [0.2, 0.25) is 0 Å². The summed E-state index contributed by atoms with van der Waals surface area (Å²) in [6.45, 7) is 5.58. The monoisotopic (exact) mass is 364 g/mol. The van der Waals surface area contributed by atoms with Crippen LogP contribution in [-0.2, 0) is 17.8 Å². The first kappa shape index (κ1) is 17.5. The molecule has 7 nitrogen and oxygen atoms in total. The van der Waals surface area contributed by atoms with E-state index in [1.807, 2.05) is 11.0 Å². The Bertz CT molecular complexity index is 949. The molecule has 1 aliphatic heterocycles. The molecule has 1 fully saturated rings. The lowest BCUT2D eigenvalue weighted by Crippen LogP contribution is -2.33.